The summed E-state index contributed by atoms with van der Waals surface area (Å²) in [5.74, 6) is 0.924. The van der Waals surface area contributed by atoms with E-state index in [1.54, 1.807) is 7.11 Å². The van der Waals surface area contributed by atoms with Gasteiger partial charge in [-0.05, 0) is 23.1 Å². The van der Waals surface area contributed by atoms with E-state index < -0.39 is 0 Å². The first kappa shape index (κ1) is 14.4. The van der Waals surface area contributed by atoms with E-state index in [0.29, 0.717) is 0 Å². The SMILES string of the molecule is COc1ccccc1CNc1ccccc1C(C)(C)C. The number of hydrogen-bond acceptors (Lipinski definition) is 2. The number of nitrogens with one attached hydrogen (secondary N) is 1. The number of rotatable bonds is 4. The van der Waals surface area contributed by atoms with E-state index in [4.69, 9.17) is 4.74 Å². The minimum atomic E-state index is 0.129. The number of methoxy groups -OCH3 is 1. The van der Waals surface area contributed by atoms with Crippen LogP contribution in [0.25, 0.3) is 0 Å². The summed E-state index contributed by atoms with van der Waals surface area (Å²) < 4.78 is 5.39. The molecular weight excluding hydrogens is 246 g/mol. The first-order chi connectivity index (χ1) is 9.52. The van der Waals surface area contributed by atoms with E-state index in [1.807, 2.05) is 18.2 Å². The normalized spacial score (nSPS) is 11.2. The lowest BCUT2D eigenvalue weighted by Crippen LogP contribution is -2.14. The fourth-order valence-corrected chi connectivity index (χ4v) is 2.33. The van der Waals surface area contributed by atoms with Crippen LogP contribution in [0.1, 0.15) is 31.9 Å². The van der Waals surface area contributed by atoms with Crippen molar-refractivity contribution in [3.05, 3.63) is 59.7 Å². The highest BCUT2D eigenvalue weighted by molar-refractivity contribution is 5.54. The zero-order chi connectivity index (χ0) is 14.6. The maximum Gasteiger partial charge on any atom is 0.123 e. The Morgan fingerprint density at radius 3 is 2.30 bits per heavy atom. The van der Waals surface area contributed by atoms with Gasteiger partial charge in [-0.3, -0.25) is 0 Å². The summed E-state index contributed by atoms with van der Waals surface area (Å²) in [7, 11) is 1.71. The molecule has 0 saturated carbocycles. The van der Waals surface area contributed by atoms with Crippen LogP contribution in [0.3, 0.4) is 0 Å². The Balaban J connectivity index is 2.20. The quantitative estimate of drug-likeness (QED) is 0.875. The number of anilines is 1. The monoisotopic (exact) mass is 269 g/mol. The summed E-state index contributed by atoms with van der Waals surface area (Å²) in [4.78, 5) is 0. The van der Waals surface area contributed by atoms with Crippen LogP contribution >= 0.6 is 0 Å². The summed E-state index contributed by atoms with van der Waals surface area (Å²) in [6, 6.07) is 16.6. The van der Waals surface area contributed by atoms with Crippen LogP contribution in [0.4, 0.5) is 5.69 Å². The highest BCUT2D eigenvalue weighted by Gasteiger charge is 2.17. The highest BCUT2D eigenvalue weighted by Crippen LogP contribution is 2.30. The van der Waals surface area contributed by atoms with Crippen molar-refractivity contribution in [1.82, 2.24) is 0 Å². The summed E-state index contributed by atoms with van der Waals surface area (Å²) in [5.41, 5.74) is 3.81. The van der Waals surface area contributed by atoms with Crippen LogP contribution in [0, 0.1) is 0 Å². The second kappa shape index (κ2) is 6.00. The third-order valence-electron chi connectivity index (χ3n) is 3.40. The Labute approximate surface area is 121 Å². The lowest BCUT2D eigenvalue weighted by atomic mass is 9.86. The zero-order valence-electron chi connectivity index (χ0n) is 12.7. The molecule has 0 aliphatic carbocycles. The first-order valence-corrected chi connectivity index (χ1v) is 6.97. The van der Waals surface area contributed by atoms with Gasteiger partial charge in [0.15, 0.2) is 0 Å². The van der Waals surface area contributed by atoms with Crippen molar-refractivity contribution in [2.45, 2.75) is 32.7 Å². The molecule has 0 radical (unpaired) electrons. The molecule has 0 amide bonds. The third kappa shape index (κ3) is 3.32. The van der Waals surface area contributed by atoms with Crippen molar-refractivity contribution in [1.29, 1.82) is 0 Å². The molecule has 106 valence electrons. The van der Waals surface area contributed by atoms with Gasteiger partial charge in [0.25, 0.3) is 0 Å². The first-order valence-electron chi connectivity index (χ1n) is 6.97. The van der Waals surface area contributed by atoms with Crippen molar-refractivity contribution < 1.29 is 4.74 Å². The Hall–Kier alpha value is -1.96. The van der Waals surface area contributed by atoms with E-state index in [-0.39, 0.29) is 5.41 Å². The van der Waals surface area contributed by atoms with Gasteiger partial charge in [0.1, 0.15) is 5.75 Å². The fraction of sp³-hybridized carbons (Fsp3) is 0.333. The van der Waals surface area contributed by atoms with Gasteiger partial charge in [0, 0.05) is 17.8 Å². The fourth-order valence-electron chi connectivity index (χ4n) is 2.33. The van der Waals surface area contributed by atoms with E-state index in [1.165, 1.54) is 16.8 Å². The molecule has 0 aliphatic heterocycles. The smallest absolute Gasteiger partial charge is 0.123 e. The molecule has 0 unspecified atom stereocenters. The average molecular weight is 269 g/mol. The van der Waals surface area contributed by atoms with E-state index in [0.717, 1.165) is 12.3 Å². The maximum absolute atomic E-state index is 5.39. The molecule has 1 N–H and O–H groups in total. The predicted octanol–water partition coefficient (Wildman–Crippen LogP) is 4.60. The molecule has 0 fully saturated rings. The minimum Gasteiger partial charge on any atom is -0.496 e. The average Bonchev–Trinajstić information content (AvgIpc) is 2.44. The van der Waals surface area contributed by atoms with Gasteiger partial charge in [-0.15, -0.1) is 0 Å². The third-order valence-corrected chi connectivity index (χ3v) is 3.40. The second-order valence-electron chi connectivity index (χ2n) is 5.96. The van der Waals surface area contributed by atoms with Crippen LogP contribution in [-0.2, 0) is 12.0 Å². The summed E-state index contributed by atoms with van der Waals surface area (Å²) in [6.45, 7) is 7.46. The largest absolute Gasteiger partial charge is 0.496 e. The van der Waals surface area contributed by atoms with Crippen LogP contribution in [-0.4, -0.2) is 7.11 Å². The molecule has 2 aromatic carbocycles. The molecule has 0 spiro atoms. The van der Waals surface area contributed by atoms with Gasteiger partial charge in [-0.1, -0.05) is 57.2 Å². The Bertz CT molecular complexity index is 570. The van der Waals surface area contributed by atoms with Crippen LogP contribution < -0.4 is 10.1 Å². The second-order valence-corrected chi connectivity index (χ2v) is 5.96. The molecule has 0 saturated heterocycles. The van der Waals surface area contributed by atoms with Gasteiger partial charge in [0.2, 0.25) is 0 Å². The molecule has 0 aliphatic rings. The highest BCUT2D eigenvalue weighted by atomic mass is 16.5. The lowest BCUT2D eigenvalue weighted by Gasteiger charge is -2.23. The van der Waals surface area contributed by atoms with Crippen LogP contribution in [0.15, 0.2) is 48.5 Å². The van der Waals surface area contributed by atoms with Gasteiger partial charge < -0.3 is 10.1 Å². The van der Waals surface area contributed by atoms with Crippen LogP contribution in [0.5, 0.6) is 5.75 Å². The number of hydrogen-bond donors (Lipinski definition) is 1. The van der Waals surface area contributed by atoms with Crippen molar-refractivity contribution in [2.24, 2.45) is 0 Å². The number of benzene rings is 2. The Kier molecular flexibility index (Phi) is 4.33. The molecule has 20 heavy (non-hydrogen) atoms. The van der Waals surface area contributed by atoms with Gasteiger partial charge in [0.05, 0.1) is 7.11 Å². The molecule has 0 heterocycles. The summed E-state index contributed by atoms with van der Waals surface area (Å²) in [5, 5.41) is 3.53. The van der Waals surface area contributed by atoms with E-state index in [9.17, 15) is 0 Å². The topological polar surface area (TPSA) is 21.3 Å². The molecule has 0 aromatic heterocycles. The van der Waals surface area contributed by atoms with Crippen molar-refractivity contribution >= 4 is 5.69 Å². The van der Waals surface area contributed by atoms with Crippen molar-refractivity contribution in [3.8, 4) is 5.75 Å². The van der Waals surface area contributed by atoms with Crippen molar-refractivity contribution in [3.63, 3.8) is 0 Å². The molecule has 2 nitrogen and oxygen atoms in total. The molecule has 0 atom stereocenters. The van der Waals surface area contributed by atoms with Crippen LogP contribution in [0.2, 0.25) is 0 Å². The lowest BCUT2D eigenvalue weighted by molar-refractivity contribution is 0.410. The van der Waals surface area contributed by atoms with Gasteiger partial charge >= 0.3 is 0 Å². The molecular formula is C18H23NO. The van der Waals surface area contributed by atoms with Gasteiger partial charge in [-0.2, -0.15) is 0 Å². The number of para-hydroxylation sites is 2. The molecule has 2 aromatic rings. The van der Waals surface area contributed by atoms with E-state index in [2.05, 4.69) is 56.4 Å². The van der Waals surface area contributed by atoms with Gasteiger partial charge in [-0.25, -0.2) is 0 Å². The standard InChI is InChI=1S/C18H23NO/c1-18(2,3)15-10-6-7-11-16(15)19-13-14-9-5-8-12-17(14)20-4/h5-12,19H,13H2,1-4H3. The molecule has 0 bridgehead atoms. The van der Waals surface area contributed by atoms with E-state index >= 15 is 0 Å². The Morgan fingerprint density at radius 2 is 1.60 bits per heavy atom. The maximum atomic E-state index is 5.39. The number of ether oxygens (including phenoxy) is 1. The molecule has 2 heteroatoms. The minimum absolute atomic E-state index is 0.129. The zero-order valence-corrected chi connectivity index (χ0v) is 12.7. The Morgan fingerprint density at radius 1 is 0.950 bits per heavy atom. The summed E-state index contributed by atoms with van der Waals surface area (Å²) >= 11 is 0. The summed E-state index contributed by atoms with van der Waals surface area (Å²) in [6.07, 6.45) is 0. The van der Waals surface area contributed by atoms with Crippen molar-refractivity contribution in [2.75, 3.05) is 12.4 Å². The predicted molar refractivity (Wildman–Crippen MR) is 85.5 cm³/mol. The molecule has 2 rings (SSSR count).